The number of aliphatic hydroxyl groups is 1. The van der Waals surface area contributed by atoms with Gasteiger partial charge in [-0.05, 0) is 56.5 Å². The molecule has 0 saturated heterocycles. The molecule has 3 heterocycles. The van der Waals surface area contributed by atoms with Crippen LogP contribution in [0.15, 0.2) is 42.7 Å². The number of hydrogen-bond donors (Lipinski definition) is 3. The van der Waals surface area contributed by atoms with Crippen LogP contribution in [0.5, 0.6) is 0 Å². The molecule has 1 saturated carbocycles. The van der Waals surface area contributed by atoms with Crippen LogP contribution in [0.2, 0.25) is 0 Å². The standard InChI is InChI=1S/C23H26N4O3S/c1-15-9-12-24-19(13-15)27-18-8-6-7-16(26-18)17-14-25-20(31-17)22(2,30)23(21(28)29)10-4-3-5-11-23/h6-9,12-14,30H,3-5,10-11H2,1-2H3,(H,28,29)(H,24,26,27). The third kappa shape index (κ3) is 4.05. The molecule has 1 fully saturated rings. The van der Waals surface area contributed by atoms with Gasteiger partial charge in [0.1, 0.15) is 27.7 Å². The molecular weight excluding hydrogens is 412 g/mol. The first-order valence-corrected chi connectivity index (χ1v) is 11.2. The Kier molecular flexibility index (Phi) is 5.77. The Morgan fingerprint density at radius 3 is 2.65 bits per heavy atom. The van der Waals surface area contributed by atoms with Gasteiger partial charge in [0.15, 0.2) is 0 Å². The lowest BCUT2D eigenvalue weighted by Crippen LogP contribution is -2.50. The number of carboxylic acid groups (broad SMARTS) is 1. The Morgan fingerprint density at radius 2 is 1.94 bits per heavy atom. The second-order valence-electron chi connectivity index (χ2n) is 8.30. The van der Waals surface area contributed by atoms with Gasteiger partial charge in [0.2, 0.25) is 0 Å². The zero-order valence-electron chi connectivity index (χ0n) is 17.6. The molecule has 1 aliphatic rings. The average molecular weight is 439 g/mol. The van der Waals surface area contributed by atoms with E-state index in [1.54, 1.807) is 19.3 Å². The van der Waals surface area contributed by atoms with Crippen LogP contribution < -0.4 is 5.32 Å². The topological polar surface area (TPSA) is 108 Å². The van der Waals surface area contributed by atoms with Gasteiger partial charge in [0, 0.05) is 12.4 Å². The SMILES string of the molecule is Cc1ccnc(Nc2cccc(-c3cnc(C(C)(O)C4(C(=O)O)CCCCC4)s3)n2)c1. The summed E-state index contributed by atoms with van der Waals surface area (Å²) in [5.41, 5.74) is -0.972. The number of aryl methyl sites for hydroxylation is 1. The third-order valence-electron chi connectivity index (χ3n) is 6.14. The van der Waals surface area contributed by atoms with Crippen molar-refractivity contribution in [3.63, 3.8) is 0 Å². The van der Waals surface area contributed by atoms with Crippen LogP contribution in [0.1, 0.15) is 49.6 Å². The number of thiazole rings is 1. The van der Waals surface area contributed by atoms with E-state index in [1.807, 2.05) is 37.3 Å². The average Bonchev–Trinajstić information content (AvgIpc) is 3.25. The van der Waals surface area contributed by atoms with Crippen molar-refractivity contribution in [3.05, 3.63) is 53.3 Å². The van der Waals surface area contributed by atoms with Crippen molar-refractivity contribution >= 4 is 28.9 Å². The molecular formula is C23H26N4O3S. The summed E-state index contributed by atoms with van der Waals surface area (Å²) in [5, 5.41) is 25.0. The Balaban J connectivity index is 1.62. The lowest BCUT2D eigenvalue weighted by Gasteiger charge is -2.43. The van der Waals surface area contributed by atoms with E-state index in [2.05, 4.69) is 20.3 Å². The highest BCUT2D eigenvalue weighted by atomic mass is 32.1. The van der Waals surface area contributed by atoms with Crippen molar-refractivity contribution in [1.29, 1.82) is 0 Å². The summed E-state index contributed by atoms with van der Waals surface area (Å²) < 4.78 is 0. The molecule has 162 valence electrons. The maximum atomic E-state index is 12.2. The molecule has 0 amide bonds. The van der Waals surface area contributed by atoms with Gasteiger partial charge in [-0.1, -0.05) is 25.3 Å². The van der Waals surface area contributed by atoms with Crippen molar-refractivity contribution in [2.75, 3.05) is 5.32 Å². The molecule has 0 spiro atoms. The minimum Gasteiger partial charge on any atom is -0.481 e. The minimum absolute atomic E-state index is 0.410. The van der Waals surface area contributed by atoms with Crippen LogP contribution >= 0.6 is 11.3 Å². The molecule has 3 aromatic rings. The van der Waals surface area contributed by atoms with Crippen LogP contribution in [0.4, 0.5) is 11.6 Å². The van der Waals surface area contributed by atoms with E-state index in [0.29, 0.717) is 35.2 Å². The fourth-order valence-corrected chi connectivity index (χ4v) is 5.30. The number of rotatable bonds is 6. The number of carboxylic acids is 1. The minimum atomic E-state index is -1.55. The van der Waals surface area contributed by atoms with Crippen LogP contribution in [0.25, 0.3) is 10.6 Å². The van der Waals surface area contributed by atoms with Crippen LogP contribution in [-0.2, 0) is 10.4 Å². The highest BCUT2D eigenvalue weighted by molar-refractivity contribution is 7.15. The number of nitrogens with one attached hydrogen (secondary N) is 1. The molecule has 1 unspecified atom stereocenters. The molecule has 3 aromatic heterocycles. The summed E-state index contributed by atoms with van der Waals surface area (Å²) >= 11 is 1.29. The fourth-order valence-electron chi connectivity index (χ4n) is 4.26. The van der Waals surface area contributed by atoms with Gasteiger partial charge >= 0.3 is 5.97 Å². The van der Waals surface area contributed by atoms with Crippen molar-refractivity contribution in [2.24, 2.45) is 5.41 Å². The molecule has 0 radical (unpaired) electrons. The number of hydrogen-bond acceptors (Lipinski definition) is 7. The monoisotopic (exact) mass is 438 g/mol. The molecule has 31 heavy (non-hydrogen) atoms. The highest BCUT2D eigenvalue weighted by Crippen LogP contribution is 2.51. The van der Waals surface area contributed by atoms with E-state index < -0.39 is 17.0 Å². The summed E-state index contributed by atoms with van der Waals surface area (Å²) in [6.07, 6.45) is 6.88. The normalized spacial score (nSPS) is 17.6. The summed E-state index contributed by atoms with van der Waals surface area (Å²) in [6, 6.07) is 9.47. The summed E-state index contributed by atoms with van der Waals surface area (Å²) in [7, 11) is 0. The lowest BCUT2D eigenvalue weighted by atomic mass is 9.64. The molecule has 8 heteroatoms. The molecule has 4 rings (SSSR count). The predicted molar refractivity (Wildman–Crippen MR) is 120 cm³/mol. The second-order valence-corrected chi connectivity index (χ2v) is 9.33. The molecule has 1 atom stereocenters. The molecule has 0 aromatic carbocycles. The van der Waals surface area contributed by atoms with Crippen LogP contribution in [0.3, 0.4) is 0 Å². The largest absolute Gasteiger partial charge is 0.481 e. The number of nitrogens with zero attached hydrogens (tertiary/aromatic N) is 3. The molecule has 0 aliphatic heterocycles. The van der Waals surface area contributed by atoms with Crippen LogP contribution in [-0.4, -0.2) is 31.1 Å². The van der Waals surface area contributed by atoms with Crippen molar-refractivity contribution in [3.8, 4) is 10.6 Å². The van der Waals surface area contributed by atoms with Gasteiger partial charge in [-0.25, -0.2) is 15.0 Å². The Morgan fingerprint density at radius 1 is 1.16 bits per heavy atom. The first-order chi connectivity index (χ1) is 14.8. The van der Waals surface area contributed by atoms with E-state index >= 15 is 0 Å². The smallest absolute Gasteiger partial charge is 0.313 e. The maximum absolute atomic E-state index is 12.2. The molecule has 0 bridgehead atoms. The summed E-state index contributed by atoms with van der Waals surface area (Å²) in [6.45, 7) is 3.58. The van der Waals surface area contributed by atoms with E-state index in [0.717, 1.165) is 29.7 Å². The number of carbonyl (C=O) groups is 1. The third-order valence-corrected chi connectivity index (χ3v) is 7.37. The zero-order chi connectivity index (χ0) is 22.1. The molecule has 3 N–H and O–H groups in total. The van der Waals surface area contributed by atoms with Gasteiger partial charge in [-0.15, -0.1) is 11.3 Å². The predicted octanol–water partition coefficient (Wildman–Crippen LogP) is 4.89. The van der Waals surface area contributed by atoms with Crippen molar-refractivity contribution in [1.82, 2.24) is 15.0 Å². The number of aliphatic carboxylic acids is 1. The Labute approximate surface area is 185 Å². The van der Waals surface area contributed by atoms with Crippen molar-refractivity contribution in [2.45, 2.75) is 51.6 Å². The van der Waals surface area contributed by atoms with E-state index in [4.69, 9.17) is 0 Å². The maximum Gasteiger partial charge on any atom is 0.313 e. The van der Waals surface area contributed by atoms with Gasteiger partial charge in [-0.3, -0.25) is 4.79 Å². The van der Waals surface area contributed by atoms with Gasteiger partial charge in [0.05, 0.1) is 10.6 Å². The first kappa shape index (κ1) is 21.4. The van der Waals surface area contributed by atoms with Gasteiger partial charge in [-0.2, -0.15) is 0 Å². The number of pyridine rings is 2. The lowest BCUT2D eigenvalue weighted by molar-refractivity contribution is -0.174. The first-order valence-electron chi connectivity index (χ1n) is 10.4. The molecule has 1 aliphatic carbocycles. The van der Waals surface area contributed by atoms with Gasteiger partial charge < -0.3 is 15.5 Å². The number of anilines is 2. The van der Waals surface area contributed by atoms with E-state index in [9.17, 15) is 15.0 Å². The van der Waals surface area contributed by atoms with Crippen molar-refractivity contribution < 1.29 is 15.0 Å². The van der Waals surface area contributed by atoms with Crippen LogP contribution in [0, 0.1) is 12.3 Å². The second kappa shape index (κ2) is 8.36. The Hall–Kier alpha value is -2.84. The highest BCUT2D eigenvalue weighted by Gasteiger charge is 2.55. The zero-order valence-corrected chi connectivity index (χ0v) is 18.4. The quantitative estimate of drug-likeness (QED) is 0.502. The summed E-state index contributed by atoms with van der Waals surface area (Å²) in [5.74, 6) is 0.397. The Bertz CT molecular complexity index is 1090. The number of aromatic nitrogens is 3. The fraction of sp³-hybridized carbons (Fsp3) is 0.391. The van der Waals surface area contributed by atoms with E-state index in [-0.39, 0.29) is 0 Å². The van der Waals surface area contributed by atoms with E-state index in [1.165, 1.54) is 11.3 Å². The summed E-state index contributed by atoms with van der Waals surface area (Å²) in [4.78, 5) is 26.4. The molecule has 7 nitrogen and oxygen atoms in total. The van der Waals surface area contributed by atoms with Gasteiger partial charge in [0.25, 0.3) is 0 Å².